The first kappa shape index (κ1) is 16.7. The van der Waals surface area contributed by atoms with Crippen LogP contribution in [0.5, 0.6) is 0 Å². The number of nitrogens with one attached hydrogen (secondary N) is 2. The molecule has 21 heavy (non-hydrogen) atoms. The highest BCUT2D eigenvalue weighted by atomic mass is 19.4. The summed E-state index contributed by atoms with van der Waals surface area (Å²) in [6, 6.07) is 3.65. The molecule has 1 amide bonds. The van der Waals surface area contributed by atoms with E-state index in [1.54, 1.807) is 5.32 Å². The highest BCUT2D eigenvalue weighted by Gasteiger charge is 2.29. The molecule has 1 aromatic carbocycles. The minimum absolute atomic E-state index is 0.412. The molecule has 0 unspecified atom stereocenters. The first-order valence-electron chi connectivity index (χ1n) is 6.12. The molecule has 0 aliphatic rings. The van der Waals surface area contributed by atoms with Crippen molar-refractivity contribution in [2.75, 3.05) is 18.4 Å². The Kier molecular flexibility index (Phi) is 5.51. The second-order valence-electron chi connectivity index (χ2n) is 4.21. The van der Waals surface area contributed by atoms with Gasteiger partial charge in [0.1, 0.15) is 12.1 Å². The van der Waals surface area contributed by atoms with E-state index in [0.717, 1.165) is 12.5 Å². The third kappa shape index (κ3) is 5.28. The number of hydrogen-bond acceptors (Lipinski definition) is 4. The van der Waals surface area contributed by atoms with Gasteiger partial charge in [-0.3, -0.25) is 14.9 Å². The fourth-order valence-electron chi connectivity index (χ4n) is 1.53. The SMILES string of the molecule is CCCNc1ccc([N+](=O)[O-])c(C(=O)NCC(F)(F)F)c1. The van der Waals surface area contributed by atoms with E-state index in [0.29, 0.717) is 12.2 Å². The normalized spacial score (nSPS) is 11.0. The summed E-state index contributed by atoms with van der Waals surface area (Å²) in [5.41, 5.74) is -0.526. The van der Waals surface area contributed by atoms with Gasteiger partial charge < -0.3 is 10.6 Å². The minimum Gasteiger partial charge on any atom is -0.385 e. The number of nitro groups is 1. The van der Waals surface area contributed by atoms with Crippen LogP contribution < -0.4 is 10.6 Å². The molecule has 116 valence electrons. The number of nitro benzene ring substituents is 1. The van der Waals surface area contributed by atoms with Crippen molar-refractivity contribution in [1.29, 1.82) is 0 Å². The summed E-state index contributed by atoms with van der Waals surface area (Å²) in [6.07, 6.45) is -3.80. The molecule has 0 bridgehead atoms. The Hall–Kier alpha value is -2.32. The van der Waals surface area contributed by atoms with E-state index < -0.39 is 34.8 Å². The van der Waals surface area contributed by atoms with Gasteiger partial charge in [-0.2, -0.15) is 13.2 Å². The van der Waals surface area contributed by atoms with Gasteiger partial charge in [0, 0.05) is 18.3 Å². The van der Waals surface area contributed by atoms with Crippen LogP contribution in [0.15, 0.2) is 18.2 Å². The predicted octanol–water partition coefficient (Wildman–Crippen LogP) is 2.71. The van der Waals surface area contributed by atoms with Crippen LogP contribution in [0, 0.1) is 10.1 Å². The lowest BCUT2D eigenvalue weighted by molar-refractivity contribution is -0.385. The van der Waals surface area contributed by atoms with Gasteiger partial charge in [-0.15, -0.1) is 0 Å². The quantitative estimate of drug-likeness (QED) is 0.625. The smallest absolute Gasteiger partial charge is 0.385 e. The summed E-state index contributed by atoms with van der Waals surface area (Å²) in [6.45, 7) is 0.923. The number of carbonyl (C=O) groups is 1. The summed E-state index contributed by atoms with van der Waals surface area (Å²) in [5.74, 6) is -1.14. The van der Waals surface area contributed by atoms with Crippen molar-refractivity contribution < 1.29 is 22.9 Å². The van der Waals surface area contributed by atoms with Crippen LogP contribution in [-0.4, -0.2) is 30.1 Å². The van der Waals surface area contributed by atoms with Crippen LogP contribution in [0.1, 0.15) is 23.7 Å². The van der Waals surface area contributed by atoms with Gasteiger partial charge >= 0.3 is 6.18 Å². The predicted molar refractivity (Wildman–Crippen MR) is 70.3 cm³/mol. The largest absolute Gasteiger partial charge is 0.405 e. The fourth-order valence-corrected chi connectivity index (χ4v) is 1.53. The van der Waals surface area contributed by atoms with Crippen molar-refractivity contribution in [2.45, 2.75) is 19.5 Å². The van der Waals surface area contributed by atoms with E-state index >= 15 is 0 Å². The van der Waals surface area contributed by atoms with Crippen LogP contribution in [0.4, 0.5) is 24.5 Å². The van der Waals surface area contributed by atoms with Gasteiger partial charge in [0.05, 0.1) is 4.92 Å². The first-order valence-corrected chi connectivity index (χ1v) is 6.12. The van der Waals surface area contributed by atoms with Crippen LogP contribution >= 0.6 is 0 Å². The monoisotopic (exact) mass is 305 g/mol. The number of rotatable bonds is 6. The molecule has 6 nitrogen and oxygen atoms in total. The Labute approximate surface area is 118 Å². The molecule has 1 aromatic rings. The summed E-state index contributed by atoms with van der Waals surface area (Å²) in [4.78, 5) is 21.7. The van der Waals surface area contributed by atoms with Crippen molar-refractivity contribution in [3.8, 4) is 0 Å². The number of halogens is 3. The molecule has 0 radical (unpaired) electrons. The Bertz CT molecular complexity index is 532. The number of nitrogens with zero attached hydrogens (tertiary/aromatic N) is 1. The standard InChI is InChI=1S/C12H14F3N3O3/c1-2-5-16-8-3-4-10(18(20)21)9(6-8)11(19)17-7-12(13,14)15/h3-4,6,16H,2,5,7H2,1H3,(H,17,19). The Balaban J connectivity index is 2.99. The zero-order chi connectivity index (χ0) is 16.0. The molecule has 0 aromatic heterocycles. The molecule has 0 aliphatic carbocycles. The molecule has 0 saturated heterocycles. The maximum absolute atomic E-state index is 12.1. The maximum Gasteiger partial charge on any atom is 0.405 e. The van der Waals surface area contributed by atoms with Gasteiger partial charge in [-0.25, -0.2) is 0 Å². The third-order valence-corrected chi connectivity index (χ3v) is 2.47. The van der Waals surface area contributed by atoms with Crippen LogP contribution in [-0.2, 0) is 0 Å². The molecule has 0 saturated carbocycles. The van der Waals surface area contributed by atoms with E-state index in [4.69, 9.17) is 0 Å². The topological polar surface area (TPSA) is 84.3 Å². The summed E-state index contributed by atoms with van der Waals surface area (Å²) in [5, 5.41) is 15.4. The Morgan fingerprint density at radius 3 is 2.57 bits per heavy atom. The van der Waals surface area contributed by atoms with Crippen molar-refractivity contribution in [3.63, 3.8) is 0 Å². The maximum atomic E-state index is 12.1. The third-order valence-electron chi connectivity index (χ3n) is 2.47. The summed E-state index contributed by atoms with van der Waals surface area (Å²) in [7, 11) is 0. The number of benzene rings is 1. The number of alkyl halides is 3. The second-order valence-corrected chi connectivity index (χ2v) is 4.21. The summed E-state index contributed by atoms with van der Waals surface area (Å²) >= 11 is 0. The molecule has 9 heteroatoms. The molecule has 0 aliphatic heterocycles. The number of anilines is 1. The van der Waals surface area contributed by atoms with Crippen molar-refractivity contribution in [1.82, 2.24) is 5.32 Å². The molecule has 0 atom stereocenters. The van der Waals surface area contributed by atoms with E-state index in [9.17, 15) is 28.1 Å². The number of carbonyl (C=O) groups excluding carboxylic acids is 1. The summed E-state index contributed by atoms with van der Waals surface area (Å²) < 4.78 is 36.2. The molecular weight excluding hydrogens is 291 g/mol. The van der Waals surface area contributed by atoms with E-state index in [-0.39, 0.29) is 0 Å². The molecule has 0 fully saturated rings. The number of hydrogen-bond donors (Lipinski definition) is 2. The zero-order valence-corrected chi connectivity index (χ0v) is 11.2. The Morgan fingerprint density at radius 1 is 1.38 bits per heavy atom. The van der Waals surface area contributed by atoms with Gasteiger partial charge in [0.25, 0.3) is 11.6 Å². The van der Waals surface area contributed by atoms with Crippen LogP contribution in [0.25, 0.3) is 0 Å². The van der Waals surface area contributed by atoms with Crippen LogP contribution in [0.2, 0.25) is 0 Å². The lowest BCUT2D eigenvalue weighted by Gasteiger charge is -2.10. The fraction of sp³-hybridized carbons (Fsp3) is 0.417. The van der Waals surface area contributed by atoms with E-state index in [2.05, 4.69) is 5.32 Å². The molecule has 0 spiro atoms. The van der Waals surface area contributed by atoms with Crippen molar-refractivity contribution >= 4 is 17.3 Å². The highest BCUT2D eigenvalue weighted by Crippen LogP contribution is 2.23. The van der Waals surface area contributed by atoms with E-state index in [1.807, 2.05) is 6.92 Å². The first-order chi connectivity index (χ1) is 9.74. The molecule has 0 heterocycles. The van der Waals surface area contributed by atoms with Gasteiger partial charge in [-0.1, -0.05) is 6.92 Å². The van der Waals surface area contributed by atoms with E-state index in [1.165, 1.54) is 12.1 Å². The Morgan fingerprint density at radius 2 is 2.05 bits per heavy atom. The molecule has 1 rings (SSSR count). The molecular formula is C12H14F3N3O3. The van der Waals surface area contributed by atoms with Gasteiger partial charge in [0.2, 0.25) is 0 Å². The second kappa shape index (κ2) is 6.91. The lowest BCUT2D eigenvalue weighted by atomic mass is 10.1. The highest BCUT2D eigenvalue weighted by molar-refractivity contribution is 5.99. The lowest BCUT2D eigenvalue weighted by Crippen LogP contribution is -2.34. The molecule has 2 N–H and O–H groups in total. The zero-order valence-electron chi connectivity index (χ0n) is 11.2. The van der Waals surface area contributed by atoms with Gasteiger partial charge in [0.15, 0.2) is 0 Å². The van der Waals surface area contributed by atoms with Crippen molar-refractivity contribution in [3.05, 3.63) is 33.9 Å². The number of amides is 1. The van der Waals surface area contributed by atoms with Crippen molar-refractivity contribution in [2.24, 2.45) is 0 Å². The minimum atomic E-state index is -4.58. The van der Waals surface area contributed by atoms with Crippen LogP contribution in [0.3, 0.4) is 0 Å². The van der Waals surface area contributed by atoms with Gasteiger partial charge in [-0.05, 0) is 18.6 Å². The average molecular weight is 305 g/mol. The average Bonchev–Trinajstić information content (AvgIpc) is 2.41.